The molecule has 0 aliphatic rings. The van der Waals surface area contributed by atoms with Gasteiger partial charge in [-0.3, -0.25) is 10.1 Å². The fourth-order valence-corrected chi connectivity index (χ4v) is 1.83. The van der Waals surface area contributed by atoms with Crippen molar-refractivity contribution < 1.29 is 14.1 Å². The molecule has 3 aromatic rings. The third kappa shape index (κ3) is 2.46. The number of benzene rings is 1. The number of nitrogens with zero attached hydrogens (tertiary/aromatic N) is 5. The minimum Gasteiger partial charge on any atom is -0.432 e. The van der Waals surface area contributed by atoms with Crippen LogP contribution in [0.15, 0.2) is 30.6 Å². The monoisotopic (exact) mass is 309 g/mol. The molecule has 2 aromatic heterocycles. The highest BCUT2D eigenvalue weighted by Gasteiger charge is 2.19. The highest BCUT2D eigenvalue weighted by atomic mass is 35.5. The maximum absolute atomic E-state index is 13.1. The van der Waals surface area contributed by atoms with Crippen LogP contribution in [0.2, 0.25) is 5.15 Å². The van der Waals surface area contributed by atoms with E-state index in [0.717, 1.165) is 18.2 Å². The van der Waals surface area contributed by atoms with Crippen LogP contribution in [0.4, 0.5) is 10.1 Å². The fraction of sp³-hybridized carbons (Fsp3) is 0. The average molecular weight is 310 g/mol. The van der Waals surface area contributed by atoms with Gasteiger partial charge in [0.1, 0.15) is 17.3 Å². The molecule has 106 valence electrons. The Morgan fingerprint density at radius 2 is 2.19 bits per heavy atom. The molecule has 0 atom stereocenters. The van der Waals surface area contributed by atoms with Crippen molar-refractivity contribution in [2.45, 2.75) is 0 Å². The summed E-state index contributed by atoms with van der Waals surface area (Å²) in [5, 5.41) is 14.9. The van der Waals surface area contributed by atoms with Gasteiger partial charge < -0.3 is 4.74 Å². The lowest BCUT2D eigenvalue weighted by molar-refractivity contribution is -0.385. The van der Waals surface area contributed by atoms with Gasteiger partial charge in [-0.15, -0.1) is 0 Å². The van der Waals surface area contributed by atoms with E-state index in [2.05, 4.69) is 15.1 Å². The van der Waals surface area contributed by atoms with E-state index in [1.165, 1.54) is 16.9 Å². The van der Waals surface area contributed by atoms with Crippen LogP contribution >= 0.6 is 11.6 Å². The van der Waals surface area contributed by atoms with Crippen LogP contribution < -0.4 is 4.74 Å². The van der Waals surface area contributed by atoms with Gasteiger partial charge in [0.05, 0.1) is 11.0 Å². The predicted molar refractivity (Wildman–Crippen MR) is 68.9 cm³/mol. The molecule has 0 saturated carbocycles. The van der Waals surface area contributed by atoms with Crippen molar-refractivity contribution in [3.8, 4) is 11.6 Å². The van der Waals surface area contributed by atoms with Gasteiger partial charge in [0, 0.05) is 6.07 Å². The fourth-order valence-electron chi connectivity index (χ4n) is 1.66. The second kappa shape index (κ2) is 4.94. The number of aromatic nitrogens is 4. The zero-order valence-corrected chi connectivity index (χ0v) is 10.9. The van der Waals surface area contributed by atoms with Crippen molar-refractivity contribution in [2.75, 3.05) is 0 Å². The Hall–Kier alpha value is -2.81. The van der Waals surface area contributed by atoms with E-state index in [1.54, 1.807) is 0 Å². The Morgan fingerprint density at radius 1 is 1.38 bits per heavy atom. The van der Waals surface area contributed by atoms with Crippen LogP contribution in [-0.2, 0) is 0 Å². The highest BCUT2D eigenvalue weighted by molar-refractivity contribution is 6.29. The first-order valence-electron chi connectivity index (χ1n) is 5.52. The molecule has 0 unspecified atom stereocenters. The van der Waals surface area contributed by atoms with Crippen molar-refractivity contribution >= 4 is 23.1 Å². The minimum atomic E-state index is -0.750. The normalized spacial score (nSPS) is 10.8. The summed E-state index contributed by atoms with van der Waals surface area (Å²) in [6, 6.07) is 4.27. The number of fused-ring (bicyclic) bond motifs is 1. The summed E-state index contributed by atoms with van der Waals surface area (Å²) >= 11 is 5.81. The van der Waals surface area contributed by atoms with E-state index in [9.17, 15) is 14.5 Å². The highest BCUT2D eigenvalue weighted by Crippen LogP contribution is 2.32. The summed E-state index contributed by atoms with van der Waals surface area (Å²) in [5.41, 5.74) is -0.517. The largest absolute Gasteiger partial charge is 0.432 e. The van der Waals surface area contributed by atoms with Crippen molar-refractivity contribution in [3.05, 3.63) is 51.7 Å². The quantitative estimate of drug-likeness (QED) is 0.419. The van der Waals surface area contributed by atoms with Crippen LogP contribution in [0.25, 0.3) is 5.78 Å². The number of hydrogen-bond donors (Lipinski definition) is 0. The van der Waals surface area contributed by atoms with Crippen molar-refractivity contribution in [2.24, 2.45) is 0 Å². The summed E-state index contributed by atoms with van der Waals surface area (Å²) < 4.78 is 19.7. The second-order valence-corrected chi connectivity index (χ2v) is 4.25. The molecule has 10 heteroatoms. The Balaban J connectivity index is 2.10. The van der Waals surface area contributed by atoms with Gasteiger partial charge in [-0.05, 0) is 12.1 Å². The Kier molecular flexibility index (Phi) is 3.10. The molecule has 0 bridgehead atoms. The minimum absolute atomic E-state index is 0.0669. The molecule has 0 aliphatic carbocycles. The summed E-state index contributed by atoms with van der Waals surface area (Å²) in [6.45, 7) is 0. The lowest BCUT2D eigenvalue weighted by Crippen LogP contribution is -2.00. The summed E-state index contributed by atoms with van der Waals surface area (Å²) in [5.74, 6) is -0.660. The Bertz CT molecular complexity index is 853. The Morgan fingerprint density at radius 3 is 2.95 bits per heavy atom. The maximum Gasteiger partial charge on any atom is 0.314 e. The van der Waals surface area contributed by atoms with Crippen molar-refractivity contribution in [1.29, 1.82) is 0 Å². The molecule has 0 amide bonds. The van der Waals surface area contributed by atoms with E-state index < -0.39 is 16.4 Å². The first kappa shape index (κ1) is 13.2. The van der Waals surface area contributed by atoms with Gasteiger partial charge in [0.15, 0.2) is 0 Å². The van der Waals surface area contributed by atoms with Gasteiger partial charge in [-0.1, -0.05) is 11.6 Å². The summed E-state index contributed by atoms with van der Waals surface area (Å²) in [6.07, 6.45) is 1.23. The van der Waals surface area contributed by atoms with Gasteiger partial charge in [-0.25, -0.2) is 4.39 Å². The lowest BCUT2D eigenvalue weighted by Gasteiger charge is -2.07. The molecule has 21 heavy (non-hydrogen) atoms. The number of ether oxygens (including phenoxy) is 1. The van der Waals surface area contributed by atoms with Gasteiger partial charge >= 0.3 is 5.69 Å². The molecular weight excluding hydrogens is 305 g/mol. The van der Waals surface area contributed by atoms with E-state index in [4.69, 9.17) is 16.3 Å². The molecule has 0 spiro atoms. The van der Waals surface area contributed by atoms with Crippen LogP contribution in [-0.4, -0.2) is 24.5 Å². The molecule has 2 heterocycles. The second-order valence-electron chi connectivity index (χ2n) is 3.86. The smallest absolute Gasteiger partial charge is 0.314 e. The molecule has 8 nitrogen and oxygen atoms in total. The molecule has 0 radical (unpaired) electrons. The zero-order valence-electron chi connectivity index (χ0n) is 10.1. The maximum atomic E-state index is 13.1. The van der Waals surface area contributed by atoms with E-state index in [0.29, 0.717) is 0 Å². The van der Waals surface area contributed by atoms with Crippen LogP contribution in [0.3, 0.4) is 0 Å². The van der Waals surface area contributed by atoms with Gasteiger partial charge in [0.25, 0.3) is 5.78 Å². The topological polar surface area (TPSA) is 95.5 Å². The van der Waals surface area contributed by atoms with Gasteiger partial charge in [0.2, 0.25) is 11.6 Å². The predicted octanol–water partition coefficient (Wildman–Crippen LogP) is 2.62. The number of rotatable bonds is 3. The first-order chi connectivity index (χ1) is 10.0. The molecule has 3 rings (SSSR count). The van der Waals surface area contributed by atoms with Gasteiger partial charge in [-0.2, -0.15) is 19.6 Å². The van der Waals surface area contributed by atoms with E-state index in [-0.39, 0.29) is 22.6 Å². The summed E-state index contributed by atoms with van der Waals surface area (Å²) in [7, 11) is 0. The lowest BCUT2D eigenvalue weighted by atomic mass is 10.3. The molecule has 0 aliphatic heterocycles. The molecule has 0 fully saturated rings. The van der Waals surface area contributed by atoms with E-state index >= 15 is 0 Å². The third-order valence-corrected chi connectivity index (χ3v) is 2.71. The number of nitro groups is 1. The standard InChI is InChI=1S/C11H5ClFN5O3/c12-9-4-10(17-11(16-9)14-5-15-17)21-8-2-1-6(13)3-7(8)18(19)20/h1-5H. The van der Waals surface area contributed by atoms with E-state index in [1.807, 2.05) is 0 Å². The molecule has 0 N–H and O–H groups in total. The molecular formula is C11H5ClFN5O3. The zero-order chi connectivity index (χ0) is 15.0. The average Bonchev–Trinajstić information content (AvgIpc) is 2.88. The first-order valence-corrected chi connectivity index (χ1v) is 5.90. The van der Waals surface area contributed by atoms with Crippen molar-refractivity contribution in [3.63, 3.8) is 0 Å². The Labute approximate surface area is 120 Å². The number of halogens is 2. The molecule has 1 aromatic carbocycles. The third-order valence-electron chi connectivity index (χ3n) is 2.52. The number of nitro benzene ring substituents is 1. The van der Waals surface area contributed by atoms with Crippen LogP contribution in [0.5, 0.6) is 11.6 Å². The molecule has 0 saturated heterocycles. The summed E-state index contributed by atoms with van der Waals surface area (Å²) in [4.78, 5) is 17.9. The van der Waals surface area contributed by atoms with Crippen LogP contribution in [0, 0.1) is 15.9 Å². The van der Waals surface area contributed by atoms with Crippen molar-refractivity contribution in [1.82, 2.24) is 19.6 Å². The SMILES string of the molecule is O=[N+]([O-])c1cc(F)ccc1Oc1cc(Cl)nc2ncnn12. The number of hydrogen-bond acceptors (Lipinski definition) is 6. The van der Waals surface area contributed by atoms with Crippen LogP contribution in [0.1, 0.15) is 0 Å².